The van der Waals surface area contributed by atoms with Crippen LogP contribution in [-0.2, 0) is 13.2 Å². The van der Waals surface area contributed by atoms with Crippen molar-refractivity contribution in [3.63, 3.8) is 0 Å². The molecule has 6 heteroatoms. The van der Waals surface area contributed by atoms with E-state index < -0.39 is 21.9 Å². The molecule has 0 saturated carbocycles. The summed E-state index contributed by atoms with van der Waals surface area (Å²) in [6.45, 7) is 19.2. The third-order valence-electron chi connectivity index (χ3n) is 9.28. The van der Waals surface area contributed by atoms with Gasteiger partial charge in [0.1, 0.15) is 0 Å². The van der Waals surface area contributed by atoms with E-state index >= 15 is 0 Å². The monoisotopic (exact) mass is 627 g/mol. The van der Waals surface area contributed by atoms with Gasteiger partial charge < -0.3 is 0 Å². The van der Waals surface area contributed by atoms with Crippen molar-refractivity contribution in [3.8, 4) is 0 Å². The predicted molar refractivity (Wildman–Crippen MR) is 194 cm³/mol. The zero-order chi connectivity index (χ0) is 30.9. The number of hydrogen-bond donors (Lipinski definition) is 0. The molecule has 0 amide bonds. The average molecular weight is 627 g/mol. The van der Waals surface area contributed by atoms with Crippen molar-refractivity contribution >= 4 is 21.9 Å². The van der Waals surface area contributed by atoms with E-state index in [9.17, 15) is 4.57 Å². The molecular weight excluding hydrogens is 549 g/mol. The fraction of sp³-hybridized carbons (Fsp3) is 0.941. The van der Waals surface area contributed by atoms with E-state index in [4.69, 9.17) is 8.62 Å². The molecule has 0 N–H and O–H groups in total. The molecule has 0 atom stereocenters. The van der Waals surface area contributed by atoms with Gasteiger partial charge in [-0.15, -0.1) is 13.2 Å². The molecule has 40 heavy (non-hydrogen) atoms. The number of rotatable bonds is 28. The van der Waals surface area contributed by atoms with Crippen LogP contribution in [0.3, 0.4) is 0 Å². The molecule has 0 spiro atoms. The normalized spacial score (nSPS) is 14.9. The SMILES string of the molecule is C=C.CCCCP(CCCC)(CCCC)(CCCC)O[PH](=O)OP(CCCC)(CCCC)(CCCC)CCCC. The molecule has 0 aliphatic carbocycles. The van der Waals surface area contributed by atoms with Crippen molar-refractivity contribution in [1.29, 1.82) is 0 Å². The second kappa shape index (κ2) is 24.1. The first-order chi connectivity index (χ1) is 19.2. The van der Waals surface area contributed by atoms with Crippen LogP contribution in [0.1, 0.15) is 158 Å². The molecule has 0 aromatic carbocycles. The van der Waals surface area contributed by atoms with Gasteiger partial charge in [-0.25, -0.2) is 0 Å². The van der Waals surface area contributed by atoms with Crippen molar-refractivity contribution in [2.45, 2.75) is 158 Å². The molecular formula is C34H77O3P3. The van der Waals surface area contributed by atoms with Gasteiger partial charge in [-0.2, -0.15) is 0 Å². The van der Waals surface area contributed by atoms with E-state index in [1.165, 1.54) is 103 Å². The van der Waals surface area contributed by atoms with Gasteiger partial charge in [0.15, 0.2) is 0 Å². The van der Waals surface area contributed by atoms with E-state index in [1.54, 1.807) is 0 Å². The molecule has 0 aliphatic heterocycles. The summed E-state index contributed by atoms with van der Waals surface area (Å²) in [5, 5.41) is 0. The minimum atomic E-state index is -2.63. The first-order valence-electron chi connectivity index (χ1n) is 17.7. The molecule has 0 heterocycles. The Morgan fingerprint density at radius 2 is 0.550 bits per heavy atom. The predicted octanol–water partition coefficient (Wildman–Crippen LogP) is 13.5. The van der Waals surface area contributed by atoms with Crippen LogP contribution in [0.2, 0.25) is 0 Å². The Labute approximate surface area is 255 Å². The van der Waals surface area contributed by atoms with Gasteiger partial charge >= 0.3 is 243 Å². The molecule has 0 aromatic rings. The second-order valence-corrected chi connectivity index (χ2v) is 25.7. The van der Waals surface area contributed by atoms with E-state index in [2.05, 4.69) is 68.5 Å². The Balaban J connectivity index is 0. The molecule has 3 nitrogen and oxygen atoms in total. The molecule has 0 radical (unpaired) electrons. The quantitative estimate of drug-likeness (QED) is 0.0640. The molecule has 0 saturated heterocycles. The van der Waals surface area contributed by atoms with Crippen molar-refractivity contribution in [2.24, 2.45) is 0 Å². The standard InChI is InChI=1S/C32H73O3P3.C2H4/c1-9-17-25-37(26-18-10-2,27-19-11-3,28-20-12-4)34-36(33)35-38(29-21-13-5,30-22-14-6,31-23-15-7)32-24-16-8;1-2/h36H,9-32H2,1-8H3;1-2H2. The van der Waals surface area contributed by atoms with Gasteiger partial charge in [-0.1, -0.05) is 0 Å². The maximum atomic E-state index is 14.6. The van der Waals surface area contributed by atoms with Gasteiger partial charge in [-0.05, 0) is 0 Å². The Morgan fingerprint density at radius 3 is 0.675 bits per heavy atom. The van der Waals surface area contributed by atoms with Crippen molar-refractivity contribution in [1.82, 2.24) is 0 Å². The Bertz CT molecular complexity index is 489. The van der Waals surface area contributed by atoms with Crippen LogP contribution in [0.25, 0.3) is 0 Å². The Kier molecular flexibility index (Phi) is 25.9. The van der Waals surface area contributed by atoms with Crippen LogP contribution < -0.4 is 0 Å². The summed E-state index contributed by atoms with van der Waals surface area (Å²) >= 11 is 0. The van der Waals surface area contributed by atoms with Crippen LogP contribution in [0.4, 0.5) is 0 Å². The van der Waals surface area contributed by atoms with Crippen molar-refractivity contribution in [2.75, 3.05) is 49.3 Å². The van der Waals surface area contributed by atoms with Crippen molar-refractivity contribution in [3.05, 3.63) is 13.2 Å². The second-order valence-electron chi connectivity index (χ2n) is 12.8. The third kappa shape index (κ3) is 15.0. The Morgan fingerprint density at radius 1 is 0.400 bits per heavy atom. The van der Waals surface area contributed by atoms with Crippen LogP contribution in [-0.4, -0.2) is 49.3 Å². The van der Waals surface area contributed by atoms with Crippen LogP contribution >= 0.6 is 21.9 Å². The zero-order valence-electron chi connectivity index (χ0n) is 29.0. The van der Waals surface area contributed by atoms with Crippen molar-refractivity contribution < 1.29 is 13.2 Å². The topological polar surface area (TPSA) is 35.5 Å². The van der Waals surface area contributed by atoms with E-state index in [0.717, 1.165) is 49.3 Å². The van der Waals surface area contributed by atoms with Crippen LogP contribution in [0.5, 0.6) is 0 Å². The molecule has 0 aliphatic rings. The molecule has 0 unspecified atom stereocenters. The van der Waals surface area contributed by atoms with Crippen LogP contribution in [0.15, 0.2) is 13.2 Å². The summed E-state index contributed by atoms with van der Waals surface area (Å²) in [6.07, 6.45) is 28.4. The summed E-state index contributed by atoms with van der Waals surface area (Å²) in [4.78, 5) is 0. The van der Waals surface area contributed by atoms with Gasteiger partial charge in [0.05, 0.1) is 0 Å². The first-order valence-corrected chi connectivity index (χ1v) is 24.7. The van der Waals surface area contributed by atoms with Gasteiger partial charge in [0, 0.05) is 0 Å². The molecule has 246 valence electrons. The molecule has 0 aromatic heterocycles. The fourth-order valence-corrected chi connectivity index (χ4v) is 24.9. The summed E-state index contributed by atoms with van der Waals surface area (Å²) in [5.74, 6) is 0. The van der Waals surface area contributed by atoms with Gasteiger partial charge in [-0.3, -0.25) is 0 Å². The van der Waals surface area contributed by atoms with Gasteiger partial charge in [0.25, 0.3) is 0 Å². The van der Waals surface area contributed by atoms with E-state index in [1.807, 2.05) is 0 Å². The maximum absolute atomic E-state index is 14.6. The van der Waals surface area contributed by atoms with Gasteiger partial charge in [0.2, 0.25) is 0 Å². The Hall–Kier alpha value is 0.750. The zero-order valence-corrected chi connectivity index (χ0v) is 31.8. The summed E-state index contributed by atoms with van der Waals surface area (Å²) in [5.41, 5.74) is 0. The molecule has 0 fully saturated rings. The summed E-state index contributed by atoms with van der Waals surface area (Å²) in [7, 11) is -2.59. The molecule has 0 rings (SSSR count). The third-order valence-corrected chi connectivity index (χ3v) is 26.2. The summed E-state index contributed by atoms with van der Waals surface area (Å²) in [6, 6.07) is 0. The van der Waals surface area contributed by atoms with E-state index in [-0.39, 0.29) is 0 Å². The van der Waals surface area contributed by atoms with Crippen LogP contribution in [0, 0.1) is 0 Å². The molecule has 0 bridgehead atoms. The summed E-state index contributed by atoms with van der Waals surface area (Å²) < 4.78 is 29.2. The first kappa shape index (κ1) is 42.9. The number of hydrogen-bond acceptors (Lipinski definition) is 3. The number of unbranched alkanes of at least 4 members (excludes halogenated alkanes) is 8. The minimum absolute atomic E-state index is 1.16. The van der Waals surface area contributed by atoms with E-state index in [0.29, 0.717) is 0 Å². The fourth-order valence-electron chi connectivity index (χ4n) is 6.61. The average Bonchev–Trinajstić information content (AvgIpc) is 2.98.